The molecule has 23 heavy (non-hydrogen) atoms. The molecule has 0 spiro atoms. The van der Waals surface area contributed by atoms with E-state index >= 15 is 0 Å². The van der Waals surface area contributed by atoms with Crippen molar-refractivity contribution in [2.45, 2.75) is 12.8 Å². The summed E-state index contributed by atoms with van der Waals surface area (Å²) >= 11 is 5.83. The molecule has 1 aromatic carbocycles. The van der Waals surface area contributed by atoms with E-state index < -0.39 is 11.4 Å². The van der Waals surface area contributed by atoms with Crippen molar-refractivity contribution in [1.29, 1.82) is 10.5 Å². The molecule has 0 saturated carbocycles. The van der Waals surface area contributed by atoms with Gasteiger partial charge in [-0.25, -0.2) is 4.79 Å². The summed E-state index contributed by atoms with van der Waals surface area (Å²) in [4.78, 5) is 11.8. The lowest BCUT2D eigenvalue weighted by molar-refractivity contribution is -0.136. The lowest BCUT2D eigenvalue weighted by Crippen LogP contribution is -2.27. The van der Waals surface area contributed by atoms with Crippen LogP contribution in [0.4, 0.5) is 0 Å². The minimum Gasteiger partial charge on any atom is -0.507 e. The van der Waals surface area contributed by atoms with Crippen LogP contribution in [0.2, 0.25) is 5.02 Å². The molecular formula is C17H13ClN2O3. The molecule has 1 aliphatic carbocycles. The molecular weight excluding hydrogens is 316 g/mol. The monoisotopic (exact) mass is 328 g/mol. The Hall–Kier alpha value is -2.76. The van der Waals surface area contributed by atoms with Crippen molar-refractivity contribution in [3.63, 3.8) is 0 Å². The summed E-state index contributed by atoms with van der Waals surface area (Å²) in [5.41, 5.74) is -0.412. The van der Waals surface area contributed by atoms with Gasteiger partial charge in [0.15, 0.2) is 5.41 Å². The summed E-state index contributed by atoms with van der Waals surface area (Å²) < 4.78 is 4.64. The van der Waals surface area contributed by atoms with Gasteiger partial charge in [0.25, 0.3) is 0 Å². The zero-order chi connectivity index (χ0) is 17.0. The third kappa shape index (κ3) is 3.36. The van der Waals surface area contributed by atoms with E-state index in [2.05, 4.69) is 4.74 Å². The summed E-state index contributed by atoms with van der Waals surface area (Å²) in [7, 11) is 1.18. The highest BCUT2D eigenvalue weighted by Crippen LogP contribution is 2.42. The lowest BCUT2D eigenvalue weighted by atomic mass is 9.73. The maximum atomic E-state index is 11.8. The predicted molar refractivity (Wildman–Crippen MR) is 84.0 cm³/mol. The van der Waals surface area contributed by atoms with Gasteiger partial charge in [-0.2, -0.15) is 10.5 Å². The molecule has 0 fully saturated rings. The van der Waals surface area contributed by atoms with E-state index in [9.17, 15) is 20.4 Å². The second-order valence-corrected chi connectivity index (χ2v) is 5.64. The Morgan fingerprint density at radius 3 is 2.43 bits per heavy atom. The van der Waals surface area contributed by atoms with Crippen LogP contribution < -0.4 is 0 Å². The van der Waals surface area contributed by atoms with Gasteiger partial charge in [0.2, 0.25) is 0 Å². The molecule has 1 N–H and O–H groups in total. The molecule has 0 bridgehead atoms. The fraction of sp³-hybridized carbons (Fsp3) is 0.235. The summed E-state index contributed by atoms with van der Waals surface area (Å²) in [6.07, 6.45) is 1.47. The first-order chi connectivity index (χ1) is 10.9. The van der Waals surface area contributed by atoms with Crippen molar-refractivity contribution >= 4 is 23.6 Å². The molecule has 0 aliphatic heterocycles. The Bertz CT molecular complexity index is 766. The number of carbonyl (C=O) groups is 1. The van der Waals surface area contributed by atoms with Crippen LogP contribution in [0, 0.1) is 28.1 Å². The van der Waals surface area contributed by atoms with Gasteiger partial charge in [0.1, 0.15) is 5.76 Å². The van der Waals surface area contributed by atoms with Crippen LogP contribution >= 0.6 is 11.6 Å². The molecule has 0 unspecified atom stereocenters. The highest BCUT2D eigenvalue weighted by Gasteiger charge is 2.41. The Labute approximate surface area is 138 Å². The van der Waals surface area contributed by atoms with Crippen molar-refractivity contribution in [2.24, 2.45) is 5.41 Å². The van der Waals surface area contributed by atoms with Crippen LogP contribution in [-0.2, 0) is 9.53 Å². The first-order valence-corrected chi connectivity index (χ1v) is 7.12. The van der Waals surface area contributed by atoms with E-state index in [1.54, 1.807) is 30.3 Å². The van der Waals surface area contributed by atoms with Gasteiger partial charge < -0.3 is 9.84 Å². The average Bonchev–Trinajstić information content (AvgIpc) is 2.58. The Morgan fingerprint density at radius 1 is 1.30 bits per heavy atom. The number of aliphatic hydroxyl groups is 1. The van der Waals surface area contributed by atoms with Gasteiger partial charge in [-0.15, -0.1) is 0 Å². The first kappa shape index (κ1) is 16.6. The molecule has 0 amide bonds. The fourth-order valence-electron chi connectivity index (χ4n) is 2.41. The predicted octanol–water partition coefficient (Wildman–Crippen LogP) is 3.54. The highest BCUT2D eigenvalue weighted by atomic mass is 35.5. The SMILES string of the molecule is COC(=O)C1=C(O)/C(=C/c2ccc(Cl)cc2)CC(C#N)(C#N)C1. The summed E-state index contributed by atoms with van der Waals surface area (Å²) in [5.74, 6) is -0.994. The Kier molecular flexibility index (Phi) is 4.74. The number of nitriles is 2. The third-order valence-electron chi connectivity index (χ3n) is 3.63. The molecule has 0 aromatic heterocycles. The molecule has 0 radical (unpaired) electrons. The zero-order valence-corrected chi connectivity index (χ0v) is 13.1. The van der Waals surface area contributed by atoms with E-state index in [-0.39, 0.29) is 24.2 Å². The largest absolute Gasteiger partial charge is 0.507 e. The fourth-order valence-corrected chi connectivity index (χ4v) is 2.53. The number of aliphatic hydroxyl groups excluding tert-OH is 1. The van der Waals surface area contributed by atoms with E-state index in [0.717, 1.165) is 5.56 Å². The number of rotatable bonds is 2. The second kappa shape index (κ2) is 6.56. The molecule has 0 saturated heterocycles. The molecule has 5 nitrogen and oxygen atoms in total. The molecule has 1 aliphatic rings. The van der Waals surface area contributed by atoms with Crippen LogP contribution in [0.1, 0.15) is 18.4 Å². The van der Waals surface area contributed by atoms with Gasteiger partial charge in [-0.05, 0) is 29.3 Å². The number of methoxy groups -OCH3 is 1. The second-order valence-electron chi connectivity index (χ2n) is 5.20. The Balaban J connectivity index is 2.56. The summed E-state index contributed by atoms with van der Waals surface area (Å²) in [5, 5.41) is 29.6. The summed E-state index contributed by atoms with van der Waals surface area (Å²) in [6, 6.07) is 10.7. The maximum Gasteiger partial charge on any atom is 0.337 e. The maximum absolute atomic E-state index is 11.8. The van der Waals surface area contributed by atoms with E-state index in [0.29, 0.717) is 10.6 Å². The number of hydrogen-bond donors (Lipinski definition) is 1. The van der Waals surface area contributed by atoms with Crippen molar-refractivity contribution in [3.05, 3.63) is 51.8 Å². The number of allylic oxidation sites excluding steroid dienone is 1. The van der Waals surface area contributed by atoms with E-state index in [1.165, 1.54) is 7.11 Å². The molecule has 0 heterocycles. The Morgan fingerprint density at radius 2 is 1.91 bits per heavy atom. The summed E-state index contributed by atoms with van der Waals surface area (Å²) in [6.45, 7) is 0. The minimum absolute atomic E-state index is 0.0228. The normalized spacial score (nSPS) is 18.2. The average molecular weight is 329 g/mol. The molecule has 2 rings (SSSR count). The number of esters is 1. The number of nitrogens with zero attached hydrogens (tertiary/aromatic N) is 2. The van der Waals surface area contributed by atoms with Crippen molar-refractivity contribution in [2.75, 3.05) is 7.11 Å². The third-order valence-corrected chi connectivity index (χ3v) is 3.88. The molecule has 1 aromatic rings. The topological polar surface area (TPSA) is 94.1 Å². The molecule has 116 valence electrons. The molecule has 6 heteroatoms. The number of benzene rings is 1. The van der Waals surface area contributed by atoms with E-state index in [4.69, 9.17) is 11.6 Å². The molecule has 0 atom stereocenters. The zero-order valence-electron chi connectivity index (χ0n) is 12.3. The van der Waals surface area contributed by atoms with Crippen LogP contribution in [0.25, 0.3) is 6.08 Å². The standard InChI is InChI=1S/C17H13ClN2O3/c1-23-16(22)14-8-17(9-19,10-20)7-12(15(14)21)6-11-2-4-13(18)5-3-11/h2-6,21H,7-8H2,1H3/b12-6+. The van der Waals surface area contributed by atoms with Crippen LogP contribution in [0.5, 0.6) is 0 Å². The minimum atomic E-state index is -1.41. The van der Waals surface area contributed by atoms with Crippen molar-refractivity contribution in [1.82, 2.24) is 0 Å². The number of halogens is 1. The lowest BCUT2D eigenvalue weighted by Gasteiger charge is -2.27. The van der Waals surface area contributed by atoms with Crippen molar-refractivity contribution < 1.29 is 14.6 Å². The van der Waals surface area contributed by atoms with Crippen LogP contribution in [0.15, 0.2) is 41.2 Å². The first-order valence-electron chi connectivity index (χ1n) is 6.74. The van der Waals surface area contributed by atoms with Gasteiger partial charge in [-0.3, -0.25) is 0 Å². The smallest absolute Gasteiger partial charge is 0.337 e. The van der Waals surface area contributed by atoms with Gasteiger partial charge in [0, 0.05) is 17.9 Å². The van der Waals surface area contributed by atoms with E-state index in [1.807, 2.05) is 12.1 Å². The van der Waals surface area contributed by atoms with Crippen LogP contribution in [0.3, 0.4) is 0 Å². The van der Waals surface area contributed by atoms with Gasteiger partial charge >= 0.3 is 5.97 Å². The quantitative estimate of drug-likeness (QED) is 0.838. The number of hydrogen-bond acceptors (Lipinski definition) is 5. The van der Waals surface area contributed by atoms with Gasteiger partial charge in [0.05, 0.1) is 24.8 Å². The highest BCUT2D eigenvalue weighted by molar-refractivity contribution is 6.30. The van der Waals surface area contributed by atoms with Gasteiger partial charge in [-0.1, -0.05) is 23.7 Å². The van der Waals surface area contributed by atoms with Crippen LogP contribution in [-0.4, -0.2) is 18.2 Å². The number of ether oxygens (including phenoxy) is 1. The number of carbonyl (C=O) groups excluding carboxylic acids is 1. The van der Waals surface area contributed by atoms with Crippen molar-refractivity contribution in [3.8, 4) is 12.1 Å².